The molecule has 1 heterocycles. The molecule has 0 radical (unpaired) electrons. The number of aromatic nitrogens is 1. The molecule has 3 nitrogen and oxygen atoms in total. The van der Waals surface area contributed by atoms with Crippen LogP contribution in [0.4, 0.5) is 0 Å². The first-order valence-corrected chi connectivity index (χ1v) is 7.88. The first-order chi connectivity index (χ1) is 10.6. The van der Waals surface area contributed by atoms with Crippen molar-refractivity contribution < 1.29 is 4.79 Å². The van der Waals surface area contributed by atoms with Gasteiger partial charge in [-0.3, -0.25) is 4.79 Å². The third-order valence-electron chi connectivity index (χ3n) is 3.66. The minimum atomic E-state index is 0.0123. The number of hydrogen-bond donors (Lipinski definition) is 0. The Morgan fingerprint density at radius 2 is 2.18 bits per heavy atom. The maximum absolute atomic E-state index is 11.4. The van der Waals surface area contributed by atoms with Gasteiger partial charge >= 0.3 is 0 Å². The van der Waals surface area contributed by atoms with Gasteiger partial charge in [-0.25, -0.2) is 4.98 Å². The number of nitrogens with zero attached hydrogens (tertiary/aromatic N) is 2. The van der Waals surface area contributed by atoms with Crippen LogP contribution >= 0.6 is 11.3 Å². The smallest absolute Gasteiger partial charge is 0.171 e. The van der Waals surface area contributed by atoms with E-state index in [9.17, 15) is 10.1 Å². The van der Waals surface area contributed by atoms with Crippen molar-refractivity contribution in [3.63, 3.8) is 0 Å². The normalized spacial score (nSPS) is 10.6. The number of carbonyl (C=O) groups excluding carboxylic acids is 1. The SMILES string of the molecule is CCc1cccc2cc(-c3ncc(C(C)=O)s3)cc(C#N)c12. The van der Waals surface area contributed by atoms with E-state index >= 15 is 0 Å². The van der Waals surface area contributed by atoms with E-state index in [0.717, 1.165) is 27.8 Å². The summed E-state index contributed by atoms with van der Waals surface area (Å²) in [5.74, 6) is 0.0123. The van der Waals surface area contributed by atoms with Crippen molar-refractivity contribution in [2.24, 2.45) is 0 Å². The number of fused-ring (bicyclic) bond motifs is 1. The quantitative estimate of drug-likeness (QED) is 0.664. The van der Waals surface area contributed by atoms with Crippen molar-refractivity contribution in [3.8, 4) is 16.6 Å². The van der Waals surface area contributed by atoms with Gasteiger partial charge in [0.2, 0.25) is 0 Å². The zero-order valence-electron chi connectivity index (χ0n) is 12.4. The molecule has 0 saturated carbocycles. The molecule has 108 valence electrons. The van der Waals surface area contributed by atoms with Crippen LogP contribution in [0.3, 0.4) is 0 Å². The largest absolute Gasteiger partial charge is 0.294 e. The molecular weight excluding hydrogens is 292 g/mol. The molecular formula is C18H14N2OS. The Labute approximate surface area is 132 Å². The van der Waals surface area contributed by atoms with Crippen LogP contribution in [0.25, 0.3) is 21.3 Å². The van der Waals surface area contributed by atoms with E-state index < -0.39 is 0 Å². The molecule has 2 aromatic carbocycles. The highest BCUT2D eigenvalue weighted by Crippen LogP contribution is 2.32. The molecule has 3 aromatic rings. The number of nitriles is 1. The van der Waals surface area contributed by atoms with E-state index in [1.165, 1.54) is 23.8 Å². The standard InChI is InChI=1S/C18H14N2OS/c1-3-12-5-4-6-13-7-14(8-15(9-19)17(12)13)18-20-10-16(22-18)11(2)21/h4-8,10H,3H2,1-2H3. The minimum absolute atomic E-state index is 0.0123. The maximum atomic E-state index is 11.4. The van der Waals surface area contributed by atoms with Gasteiger partial charge in [-0.2, -0.15) is 5.26 Å². The molecule has 0 amide bonds. The molecule has 0 unspecified atom stereocenters. The molecule has 0 fully saturated rings. The highest BCUT2D eigenvalue weighted by molar-refractivity contribution is 7.16. The molecule has 3 rings (SSSR count). The predicted molar refractivity (Wildman–Crippen MR) is 89.2 cm³/mol. The van der Waals surface area contributed by atoms with Crippen LogP contribution in [0.15, 0.2) is 36.5 Å². The zero-order valence-corrected chi connectivity index (χ0v) is 13.2. The van der Waals surface area contributed by atoms with Crippen LogP contribution in [0.5, 0.6) is 0 Å². The van der Waals surface area contributed by atoms with Crippen molar-refractivity contribution >= 4 is 27.9 Å². The fraction of sp³-hybridized carbons (Fsp3) is 0.167. The number of thiazole rings is 1. The van der Waals surface area contributed by atoms with E-state index in [2.05, 4.69) is 24.0 Å². The Hall–Kier alpha value is -2.51. The fourth-order valence-corrected chi connectivity index (χ4v) is 3.38. The highest BCUT2D eigenvalue weighted by Gasteiger charge is 2.12. The van der Waals surface area contributed by atoms with E-state index in [4.69, 9.17) is 0 Å². The molecule has 4 heteroatoms. The molecule has 0 aliphatic heterocycles. The van der Waals surface area contributed by atoms with Gasteiger partial charge in [0.25, 0.3) is 0 Å². The van der Waals surface area contributed by atoms with Crippen LogP contribution in [0, 0.1) is 11.3 Å². The maximum Gasteiger partial charge on any atom is 0.171 e. The molecule has 0 atom stereocenters. The van der Waals surface area contributed by atoms with Crippen LogP contribution in [0.1, 0.15) is 34.6 Å². The summed E-state index contributed by atoms with van der Waals surface area (Å²) in [6, 6.07) is 12.3. The first kappa shape index (κ1) is 14.4. The van der Waals surface area contributed by atoms with E-state index in [-0.39, 0.29) is 5.78 Å². The number of rotatable bonds is 3. The van der Waals surface area contributed by atoms with Gasteiger partial charge in [0.15, 0.2) is 5.78 Å². The lowest BCUT2D eigenvalue weighted by molar-refractivity contribution is 0.102. The van der Waals surface area contributed by atoms with Gasteiger partial charge in [-0.15, -0.1) is 11.3 Å². The monoisotopic (exact) mass is 306 g/mol. The number of carbonyl (C=O) groups is 1. The van der Waals surface area contributed by atoms with Gasteiger partial charge in [0, 0.05) is 24.1 Å². The summed E-state index contributed by atoms with van der Waals surface area (Å²) in [5, 5.41) is 12.3. The summed E-state index contributed by atoms with van der Waals surface area (Å²) in [7, 11) is 0. The van der Waals surface area contributed by atoms with Gasteiger partial charge < -0.3 is 0 Å². The average molecular weight is 306 g/mol. The lowest BCUT2D eigenvalue weighted by atomic mass is 9.96. The average Bonchev–Trinajstić information content (AvgIpc) is 3.03. The molecule has 0 bridgehead atoms. The summed E-state index contributed by atoms with van der Waals surface area (Å²) < 4.78 is 0. The number of Topliss-reactive ketones (excluding diaryl/α,β-unsaturated/α-hetero) is 1. The lowest BCUT2D eigenvalue weighted by Crippen LogP contribution is -1.89. The summed E-state index contributed by atoms with van der Waals surface area (Å²) in [6.45, 7) is 3.62. The third kappa shape index (κ3) is 2.40. The molecule has 0 aliphatic carbocycles. The van der Waals surface area contributed by atoms with Gasteiger partial charge in [0.1, 0.15) is 5.01 Å². The molecule has 0 aliphatic rings. The van der Waals surface area contributed by atoms with Crippen LogP contribution in [-0.4, -0.2) is 10.8 Å². The van der Waals surface area contributed by atoms with Crippen molar-refractivity contribution in [3.05, 3.63) is 52.5 Å². The zero-order chi connectivity index (χ0) is 15.7. The topological polar surface area (TPSA) is 53.8 Å². The summed E-state index contributed by atoms with van der Waals surface area (Å²) in [6.07, 6.45) is 2.48. The van der Waals surface area contributed by atoms with Crippen molar-refractivity contribution in [1.29, 1.82) is 5.26 Å². The number of ketones is 1. The van der Waals surface area contributed by atoms with E-state index in [0.29, 0.717) is 10.4 Å². The molecule has 0 N–H and O–H groups in total. The van der Waals surface area contributed by atoms with Crippen molar-refractivity contribution in [2.45, 2.75) is 20.3 Å². The number of benzene rings is 2. The van der Waals surface area contributed by atoms with Gasteiger partial charge in [-0.1, -0.05) is 25.1 Å². The number of hydrogen-bond acceptors (Lipinski definition) is 4. The van der Waals surface area contributed by atoms with E-state index in [1.54, 1.807) is 6.20 Å². The molecule has 22 heavy (non-hydrogen) atoms. The van der Waals surface area contributed by atoms with Crippen molar-refractivity contribution in [2.75, 3.05) is 0 Å². The Morgan fingerprint density at radius 3 is 2.82 bits per heavy atom. The number of aryl methyl sites for hydroxylation is 1. The van der Waals surface area contributed by atoms with Crippen LogP contribution < -0.4 is 0 Å². The Kier molecular flexibility index (Phi) is 3.74. The fourth-order valence-electron chi connectivity index (χ4n) is 2.58. The highest BCUT2D eigenvalue weighted by atomic mass is 32.1. The predicted octanol–water partition coefficient (Wildman–Crippen LogP) is 4.60. The van der Waals surface area contributed by atoms with Crippen LogP contribution in [-0.2, 0) is 6.42 Å². The second-order valence-electron chi connectivity index (χ2n) is 5.09. The Morgan fingerprint density at radius 1 is 1.36 bits per heavy atom. The Bertz CT molecular complexity index is 918. The van der Waals surface area contributed by atoms with Crippen molar-refractivity contribution in [1.82, 2.24) is 4.98 Å². The lowest BCUT2D eigenvalue weighted by Gasteiger charge is -2.08. The second kappa shape index (κ2) is 5.70. The summed E-state index contributed by atoms with van der Waals surface area (Å²) >= 11 is 1.36. The molecule has 0 saturated heterocycles. The third-order valence-corrected chi connectivity index (χ3v) is 4.81. The van der Waals surface area contributed by atoms with Crippen LogP contribution in [0.2, 0.25) is 0 Å². The van der Waals surface area contributed by atoms with Gasteiger partial charge in [-0.05, 0) is 29.5 Å². The minimum Gasteiger partial charge on any atom is -0.294 e. The summed E-state index contributed by atoms with van der Waals surface area (Å²) in [4.78, 5) is 16.4. The first-order valence-electron chi connectivity index (χ1n) is 7.07. The summed E-state index contributed by atoms with van der Waals surface area (Å²) in [5.41, 5.74) is 2.71. The second-order valence-corrected chi connectivity index (χ2v) is 6.12. The molecule has 0 spiro atoms. The van der Waals surface area contributed by atoms with E-state index in [1.807, 2.05) is 24.3 Å². The van der Waals surface area contributed by atoms with Gasteiger partial charge in [0.05, 0.1) is 16.5 Å². The molecule has 1 aromatic heterocycles. The Balaban J connectivity index is 2.24.